The number of likely N-dealkylation sites (tertiary alicyclic amines) is 1. The molecule has 33 heavy (non-hydrogen) atoms. The van der Waals surface area contributed by atoms with Crippen LogP contribution in [0.2, 0.25) is 0 Å². The van der Waals surface area contributed by atoms with Crippen LogP contribution in [0.3, 0.4) is 0 Å². The standard InChI is InChI=1S/C24H44N4O5/c1-14(2)18(25-21(29)19(15(3)4)26(7)8)22(30)27(9)20(16(5)6)23(31)28-13-11-12-17(28)24(32)33-10/h14-20H,11-13H2,1-10H3,(H,25,29)/t17-,18-,19-,20-/m0/s1. The Balaban J connectivity index is 3.15. The van der Waals surface area contributed by atoms with Crippen LogP contribution in [-0.4, -0.2) is 97.4 Å². The highest BCUT2D eigenvalue weighted by atomic mass is 16.5. The zero-order valence-electron chi connectivity index (χ0n) is 22.0. The molecule has 0 saturated carbocycles. The Bertz CT molecular complexity index is 699. The average molecular weight is 469 g/mol. The van der Waals surface area contributed by atoms with Gasteiger partial charge in [-0.15, -0.1) is 0 Å². The monoisotopic (exact) mass is 468 g/mol. The maximum Gasteiger partial charge on any atom is 0.328 e. The van der Waals surface area contributed by atoms with Crippen molar-refractivity contribution in [3.63, 3.8) is 0 Å². The van der Waals surface area contributed by atoms with E-state index in [0.717, 1.165) is 0 Å². The average Bonchev–Trinajstić information content (AvgIpc) is 3.19. The van der Waals surface area contributed by atoms with Crippen molar-refractivity contribution in [3.05, 3.63) is 0 Å². The minimum Gasteiger partial charge on any atom is -0.467 e. The number of nitrogens with zero attached hydrogens (tertiary/aromatic N) is 3. The molecular formula is C24H44N4O5. The number of carbonyl (C=O) groups is 4. The van der Waals surface area contributed by atoms with E-state index in [1.165, 1.54) is 16.9 Å². The van der Waals surface area contributed by atoms with Crippen molar-refractivity contribution in [2.24, 2.45) is 17.8 Å². The van der Waals surface area contributed by atoms with E-state index in [-0.39, 0.29) is 41.5 Å². The van der Waals surface area contributed by atoms with Gasteiger partial charge in [0.25, 0.3) is 0 Å². The van der Waals surface area contributed by atoms with Crippen molar-refractivity contribution in [2.45, 2.75) is 78.6 Å². The minimum absolute atomic E-state index is 0.0658. The largest absolute Gasteiger partial charge is 0.467 e. The van der Waals surface area contributed by atoms with Crippen LogP contribution in [0.4, 0.5) is 0 Å². The predicted molar refractivity (Wildman–Crippen MR) is 127 cm³/mol. The number of amides is 3. The molecule has 9 heteroatoms. The molecule has 0 unspecified atom stereocenters. The number of esters is 1. The van der Waals surface area contributed by atoms with Crippen LogP contribution in [0.5, 0.6) is 0 Å². The lowest BCUT2D eigenvalue weighted by molar-refractivity contribution is -0.155. The molecule has 190 valence electrons. The van der Waals surface area contributed by atoms with Gasteiger partial charge in [0.15, 0.2) is 0 Å². The molecule has 0 spiro atoms. The first-order valence-electron chi connectivity index (χ1n) is 11.9. The summed E-state index contributed by atoms with van der Waals surface area (Å²) in [7, 11) is 6.59. The Morgan fingerprint density at radius 1 is 0.909 bits per heavy atom. The van der Waals surface area contributed by atoms with Crippen LogP contribution < -0.4 is 5.32 Å². The summed E-state index contributed by atoms with van der Waals surface area (Å²) in [5, 5.41) is 2.93. The second-order valence-electron chi connectivity index (χ2n) is 10.2. The molecule has 4 atom stereocenters. The van der Waals surface area contributed by atoms with Gasteiger partial charge < -0.3 is 19.9 Å². The second kappa shape index (κ2) is 12.3. The summed E-state index contributed by atoms with van der Waals surface area (Å²) in [6, 6.07) is -2.53. The molecule has 3 amide bonds. The van der Waals surface area contributed by atoms with Gasteiger partial charge in [0.05, 0.1) is 13.2 Å². The third-order valence-corrected chi connectivity index (χ3v) is 6.35. The van der Waals surface area contributed by atoms with E-state index in [2.05, 4.69) is 5.32 Å². The first kappa shape index (κ1) is 28.9. The fourth-order valence-corrected chi connectivity index (χ4v) is 4.72. The van der Waals surface area contributed by atoms with Gasteiger partial charge in [0.2, 0.25) is 17.7 Å². The Labute approximate surface area is 199 Å². The lowest BCUT2D eigenvalue weighted by Gasteiger charge is -2.38. The van der Waals surface area contributed by atoms with Crippen LogP contribution in [0, 0.1) is 17.8 Å². The van der Waals surface area contributed by atoms with Gasteiger partial charge >= 0.3 is 5.97 Å². The van der Waals surface area contributed by atoms with Gasteiger partial charge in [0, 0.05) is 13.6 Å². The molecule has 1 fully saturated rings. The SMILES string of the molecule is COC(=O)[C@@H]1CCCN1C(=O)[C@H](C(C)C)N(C)C(=O)[C@@H](NC(=O)[C@H](C(C)C)N(C)C)C(C)C. The van der Waals surface area contributed by atoms with E-state index >= 15 is 0 Å². The molecule has 1 saturated heterocycles. The van der Waals surface area contributed by atoms with Crippen molar-refractivity contribution in [3.8, 4) is 0 Å². The van der Waals surface area contributed by atoms with Crippen LogP contribution in [0.1, 0.15) is 54.4 Å². The van der Waals surface area contributed by atoms with Crippen LogP contribution >= 0.6 is 0 Å². The molecule has 1 rings (SSSR count). The minimum atomic E-state index is -0.771. The molecule has 1 N–H and O–H groups in total. The van der Waals surface area contributed by atoms with Gasteiger partial charge in [-0.1, -0.05) is 41.5 Å². The summed E-state index contributed by atoms with van der Waals surface area (Å²) in [5.74, 6) is -1.52. The summed E-state index contributed by atoms with van der Waals surface area (Å²) in [6.45, 7) is 11.9. The lowest BCUT2D eigenvalue weighted by atomic mass is 9.96. The van der Waals surface area contributed by atoms with E-state index in [1.54, 1.807) is 7.05 Å². The van der Waals surface area contributed by atoms with E-state index in [0.29, 0.717) is 19.4 Å². The number of hydrogen-bond acceptors (Lipinski definition) is 6. The van der Waals surface area contributed by atoms with E-state index in [1.807, 2.05) is 60.5 Å². The van der Waals surface area contributed by atoms with E-state index < -0.39 is 24.1 Å². The quantitative estimate of drug-likeness (QED) is 0.486. The van der Waals surface area contributed by atoms with Crippen LogP contribution in [-0.2, 0) is 23.9 Å². The molecule has 0 bridgehead atoms. The maximum atomic E-state index is 13.6. The van der Waals surface area contributed by atoms with E-state index in [4.69, 9.17) is 4.74 Å². The molecule has 9 nitrogen and oxygen atoms in total. The maximum absolute atomic E-state index is 13.6. The van der Waals surface area contributed by atoms with Crippen molar-refractivity contribution < 1.29 is 23.9 Å². The number of likely N-dealkylation sites (N-methyl/N-ethyl adjacent to an activating group) is 2. The number of ether oxygens (including phenoxy) is 1. The smallest absolute Gasteiger partial charge is 0.328 e. The third-order valence-electron chi connectivity index (χ3n) is 6.35. The molecule has 0 aromatic heterocycles. The third kappa shape index (κ3) is 6.91. The van der Waals surface area contributed by atoms with Crippen LogP contribution in [0.15, 0.2) is 0 Å². The first-order chi connectivity index (χ1) is 15.3. The highest BCUT2D eigenvalue weighted by Gasteiger charge is 2.42. The van der Waals surface area contributed by atoms with Crippen molar-refractivity contribution in [1.82, 2.24) is 20.0 Å². The number of methoxy groups -OCH3 is 1. The molecule has 1 aliphatic rings. The lowest BCUT2D eigenvalue weighted by Crippen LogP contribution is -2.60. The Kier molecular flexibility index (Phi) is 10.8. The molecule has 0 aromatic rings. The van der Waals surface area contributed by atoms with Gasteiger partial charge in [-0.2, -0.15) is 0 Å². The molecule has 0 aliphatic carbocycles. The van der Waals surface area contributed by atoms with Gasteiger partial charge in [-0.25, -0.2) is 4.79 Å². The van der Waals surface area contributed by atoms with Gasteiger partial charge in [-0.05, 0) is 44.7 Å². The van der Waals surface area contributed by atoms with Gasteiger partial charge in [0.1, 0.15) is 18.1 Å². The van der Waals surface area contributed by atoms with E-state index in [9.17, 15) is 19.2 Å². The number of hydrogen-bond donors (Lipinski definition) is 1. The van der Waals surface area contributed by atoms with Crippen molar-refractivity contribution in [2.75, 3.05) is 34.8 Å². The number of rotatable bonds is 10. The Morgan fingerprint density at radius 3 is 1.88 bits per heavy atom. The molecule has 0 radical (unpaired) electrons. The fourth-order valence-electron chi connectivity index (χ4n) is 4.72. The second-order valence-corrected chi connectivity index (χ2v) is 10.2. The zero-order valence-corrected chi connectivity index (χ0v) is 22.0. The number of carbonyl (C=O) groups excluding carboxylic acids is 4. The zero-order chi connectivity index (χ0) is 25.6. The summed E-state index contributed by atoms with van der Waals surface area (Å²) in [5.41, 5.74) is 0. The fraction of sp³-hybridized carbons (Fsp3) is 0.833. The Morgan fingerprint density at radius 2 is 1.45 bits per heavy atom. The highest BCUT2D eigenvalue weighted by molar-refractivity contribution is 5.94. The summed E-state index contributed by atoms with van der Waals surface area (Å²) in [4.78, 5) is 57.0. The predicted octanol–water partition coefficient (Wildman–Crippen LogP) is 1.36. The number of nitrogens with one attached hydrogen (secondary N) is 1. The highest BCUT2D eigenvalue weighted by Crippen LogP contribution is 2.24. The summed E-state index contributed by atoms with van der Waals surface area (Å²) >= 11 is 0. The normalized spacial score (nSPS) is 19.1. The molecular weight excluding hydrogens is 424 g/mol. The van der Waals surface area contributed by atoms with Crippen LogP contribution in [0.25, 0.3) is 0 Å². The summed E-state index contributed by atoms with van der Waals surface area (Å²) < 4.78 is 4.87. The Hall–Kier alpha value is -2.16. The molecule has 1 aliphatic heterocycles. The van der Waals surface area contributed by atoms with Gasteiger partial charge in [-0.3, -0.25) is 19.3 Å². The topological polar surface area (TPSA) is 99.3 Å². The van der Waals surface area contributed by atoms with Crippen molar-refractivity contribution in [1.29, 1.82) is 0 Å². The molecule has 0 aromatic carbocycles. The first-order valence-corrected chi connectivity index (χ1v) is 11.9. The van der Waals surface area contributed by atoms with Crippen molar-refractivity contribution >= 4 is 23.7 Å². The molecule has 1 heterocycles. The summed E-state index contributed by atoms with van der Waals surface area (Å²) in [6.07, 6.45) is 1.26.